The van der Waals surface area contributed by atoms with Crippen molar-refractivity contribution in [3.05, 3.63) is 29.8 Å². The van der Waals surface area contributed by atoms with Gasteiger partial charge in [-0.25, -0.2) is 9.59 Å². The van der Waals surface area contributed by atoms with Crippen LogP contribution in [0, 0.1) is 5.41 Å². The fraction of sp³-hybridized carbons (Fsp3) is 0.524. The van der Waals surface area contributed by atoms with Crippen molar-refractivity contribution in [3.63, 3.8) is 0 Å². The summed E-state index contributed by atoms with van der Waals surface area (Å²) in [6, 6.07) is 6.72. The van der Waals surface area contributed by atoms with Crippen molar-refractivity contribution < 1.29 is 28.6 Å². The second-order valence-corrected chi connectivity index (χ2v) is 7.54. The van der Waals surface area contributed by atoms with Gasteiger partial charge in [-0.3, -0.25) is 30.2 Å². The Morgan fingerprint density at radius 2 is 1.81 bits per heavy atom. The van der Waals surface area contributed by atoms with Gasteiger partial charge in [0.1, 0.15) is 11.9 Å². The maximum Gasteiger partial charge on any atom is 0.414 e. The van der Waals surface area contributed by atoms with E-state index < -0.39 is 12.2 Å². The van der Waals surface area contributed by atoms with Gasteiger partial charge in [0.2, 0.25) is 0 Å². The van der Waals surface area contributed by atoms with E-state index in [1.165, 1.54) is 7.11 Å². The number of hydrogen-bond donors (Lipinski definition) is 2. The predicted molar refractivity (Wildman–Crippen MR) is 116 cm³/mol. The van der Waals surface area contributed by atoms with Gasteiger partial charge in [0.15, 0.2) is 0 Å². The van der Waals surface area contributed by atoms with E-state index in [-0.39, 0.29) is 17.9 Å². The van der Waals surface area contributed by atoms with Gasteiger partial charge < -0.3 is 14.2 Å². The molecule has 11 heteroatoms. The largest absolute Gasteiger partial charge is 0.465 e. The molecule has 32 heavy (non-hydrogen) atoms. The van der Waals surface area contributed by atoms with Crippen LogP contribution in [0.25, 0.3) is 0 Å². The molecule has 0 radical (unpaired) electrons. The Morgan fingerprint density at radius 1 is 1.16 bits per heavy atom. The predicted octanol–water partition coefficient (Wildman–Crippen LogP) is 0.874. The fourth-order valence-corrected chi connectivity index (χ4v) is 3.67. The first-order valence-electron chi connectivity index (χ1n) is 10.5. The molecule has 174 valence electrons. The lowest BCUT2D eigenvalue weighted by atomic mass is 10.1. The number of amides is 2. The van der Waals surface area contributed by atoms with E-state index in [1.54, 1.807) is 36.1 Å². The topological polar surface area (TPSA) is 125 Å². The number of piperazine rings is 1. The zero-order valence-corrected chi connectivity index (χ0v) is 18.3. The van der Waals surface area contributed by atoms with Gasteiger partial charge >= 0.3 is 18.2 Å². The average Bonchev–Trinajstić information content (AvgIpc) is 3.15. The van der Waals surface area contributed by atoms with Gasteiger partial charge in [0.25, 0.3) is 0 Å². The number of anilines is 1. The quantitative estimate of drug-likeness (QED) is 0.273. The van der Waals surface area contributed by atoms with E-state index in [0.29, 0.717) is 37.5 Å². The van der Waals surface area contributed by atoms with E-state index in [1.807, 2.05) is 0 Å². The number of methoxy groups -OCH3 is 1. The first kappa shape index (κ1) is 23.5. The first-order chi connectivity index (χ1) is 15.4. The third kappa shape index (κ3) is 6.17. The summed E-state index contributed by atoms with van der Waals surface area (Å²) in [7, 11) is 1.23. The molecule has 1 aromatic rings. The molecule has 2 heterocycles. The van der Waals surface area contributed by atoms with Crippen LogP contribution in [0.5, 0.6) is 0 Å². The molecule has 1 aromatic carbocycles. The minimum absolute atomic E-state index is 0.0904. The molecule has 0 aromatic heterocycles. The van der Waals surface area contributed by atoms with Crippen molar-refractivity contribution in [2.24, 2.45) is 0 Å². The maximum atomic E-state index is 12.4. The number of benzene rings is 1. The highest BCUT2D eigenvalue weighted by Crippen LogP contribution is 2.23. The number of nitrogens with zero attached hydrogens (tertiary/aromatic N) is 3. The van der Waals surface area contributed by atoms with Crippen molar-refractivity contribution in [2.45, 2.75) is 13.0 Å². The summed E-state index contributed by atoms with van der Waals surface area (Å²) in [5.41, 5.74) is 1.15. The molecule has 0 spiro atoms. The molecule has 1 atom stereocenters. The molecule has 2 aliphatic rings. The van der Waals surface area contributed by atoms with Crippen molar-refractivity contribution in [2.75, 3.05) is 64.4 Å². The number of carbonyl (C=O) groups excluding carboxylic acids is 3. The van der Waals surface area contributed by atoms with Crippen LogP contribution in [0.4, 0.5) is 15.3 Å². The van der Waals surface area contributed by atoms with Crippen LogP contribution in [0.1, 0.15) is 12.5 Å². The summed E-state index contributed by atoms with van der Waals surface area (Å²) in [5, 5.41) is 10.2. The molecule has 3 rings (SSSR count). The Bertz CT molecular complexity index is 838. The molecule has 2 amide bonds. The van der Waals surface area contributed by atoms with Crippen molar-refractivity contribution >= 4 is 29.7 Å². The van der Waals surface area contributed by atoms with Crippen molar-refractivity contribution in [1.82, 2.24) is 15.1 Å². The number of hydrogen-bond acceptors (Lipinski definition) is 9. The zero-order chi connectivity index (χ0) is 23.1. The molecule has 2 N–H and O–H groups in total. The van der Waals surface area contributed by atoms with Crippen LogP contribution in [0.15, 0.2) is 24.3 Å². The Kier molecular flexibility index (Phi) is 8.01. The van der Waals surface area contributed by atoms with Crippen LogP contribution >= 0.6 is 0 Å². The van der Waals surface area contributed by atoms with Gasteiger partial charge in [-0.15, -0.1) is 0 Å². The number of rotatable bonds is 7. The van der Waals surface area contributed by atoms with E-state index in [9.17, 15) is 14.4 Å². The number of esters is 1. The lowest BCUT2D eigenvalue weighted by molar-refractivity contribution is -0.144. The van der Waals surface area contributed by atoms with Crippen LogP contribution in [0.2, 0.25) is 0 Å². The third-order valence-corrected chi connectivity index (χ3v) is 5.34. The number of cyclic esters (lactones) is 1. The molecule has 2 saturated heterocycles. The zero-order valence-electron chi connectivity index (χ0n) is 18.3. The molecular formula is C21H29N5O6. The number of alkyl carbamates (subject to hydrolysis) is 1. The van der Waals surface area contributed by atoms with Crippen molar-refractivity contribution in [1.29, 1.82) is 5.41 Å². The second-order valence-electron chi connectivity index (χ2n) is 7.54. The molecule has 0 aliphatic carbocycles. The van der Waals surface area contributed by atoms with Crippen LogP contribution in [-0.2, 0) is 19.0 Å². The van der Waals surface area contributed by atoms with E-state index in [4.69, 9.17) is 14.9 Å². The Labute approximate surface area is 186 Å². The number of carbonyl (C=O) groups is 3. The van der Waals surface area contributed by atoms with Crippen LogP contribution in [-0.4, -0.2) is 99.4 Å². The SMILES string of the molecule is CCOC(=O)CN1CCN(C[C@H]2CN(c3ccc(C(=N)NC(=O)OC)cc3)C(=O)O2)CC1. The Morgan fingerprint density at radius 3 is 2.44 bits per heavy atom. The summed E-state index contributed by atoms with van der Waals surface area (Å²) in [6.45, 7) is 6.64. The Balaban J connectivity index is 1.48. The summed E-state index contributed by atoms with van der Waals surface area (Å²) in [4.78, 5) is 41.1. The highest BCUT2D eigenvalue weighted by molar-refractivity contribution is 6.04. The standard InChI is InChI=1S/C21H29N5O6/c1-3-31-18(27)14-25-10-8-24(9-11-25)12-17-13-26(21(29)32-17)16-6-4-15(5-7-16)19(22)23-20(28)30-2/h4-7,17H,3,8-14H2,1-2H3,(H2,22,23,28)/t17-/m0/s1. The smallest absolute Gasteiger partial charge is 0.414 e. The van der Waals surface area contributed by atoms with E-state index in [2.05, 4.69) is 19.9 Å². The van der Waals surface area contributed by atoms with Gasteiger partial charge in [-0.1, -0.05) is 0 Å². The highest BCUT2D eigenvalue weighted by Gasteiger charge is 2.34. The van der Waals surface area contributed by atoms with Gasteiger partial charge in [0, 0.05) is 44.0 Å². The molecule has 11 nitrogen and oxygen atoms in total. The number of ether oxygens (including phenoxy) is 3. The molecule has 2 aliphatic heterocycles. The van der Waals surface area contributed by atoms with Crippen LogP contribution < -0.4 is 10.2 Å². The molecule has 0 saturated carbocycles. The maximum absolute atomic E-state index is 12.4. The van der Waals surface area contributed by atoms with E-state index >= 15 is 0 Å². The molecule has 2 fully saturated rings. The van der Waals surface area contributed by atoms with Crippen LogP contribution in [0.3, 0.4) is 0 Å². The highest BCUT2D eigenvalue weighted by atomic mass is 16.6. The van der Waals surface area contributed by atoms with Gasteiger partial charge in [0.05, 0.1) is 26.8 Å². The fourth-order valence-electron chi connectivity index (χ4n) is 3.67. The minimum Gasteiger partial charge on any atom is -0.465 e. The average molecular weight is 447 g/mol. The number of amidine groups is 1. The number of nitrogens with one attached hydrogen (secondary N) is 2. The summed E-state index contributed by atoms with van der Waals surface area (Å²) in [6.07, 6.45) is -1.38. The van der Waals surface area contributed by atoms with Gasteiger partial charge in [-0.05, 0) is 31.2 Å². The third-order valence-electron chi connectivity index (χ3n) is 5.34. The molecule has 0 unspecified atom stereocenters. The van der Waals surface area contributed by atoms with Crippen molar-refractivity contribution in [3.8, 4) is 0 Å². The lowest BCUT2D eigenvalue weighted by Crippen LogP contribution is -2.50. The molecular weight excluding hydrogens is 418 g/mol. The van der Waals surface area contributed by atoms with Gasteiger partial charge in [-0.2, -0.15) is 0 Å². The normalized spacial score (nSPS) is 19.4. The monoisotopic (exact) mass is 447 g/mol. The molecule has 0 bridgehead atoms. The summed E-state index contributed by atoms with van der Waals surface area (Å²) < 4.78 is 15.0. The lowest BCUT2D eigenvalue weighted by Gasteiger charge is -2.34. The Hall–Kier alpha value is -3.18. The summed E-state index contributed by atoms with van der Waals surface area (Å²) >= 11 is 0. The minimum atomic E-state index is -0.716. The van der Waals surface area contributed by atoms with E-state index in [0.717, 1.165) is 26.2 Å². The summed E-state index contributed by atoms with van der Waals surface area (Å²) in [5.74, 6) is -0.295. The first-order valence-corrected chi connectivity index (χ1v) is 10.5. The second kappa shape index (κ2) is 10.9.